The Morgan fingerprint density at radius 2 is 1.83 bits per heavy atom. The molecule has 1 aliphatic carbocycles. The van der Waals surface area contributed by atoms with Crippen LogP contribution in [0.2, 0.25) is 0 Å². The van der Waals surface area contributed by atoms with Gasteiger partial charge in [0.1, 0.15) is 5.82 Å². The van der Waals surface area contributed by atoms with Crippen LogP contribution < -0.4 is 9.47 Å². The number of methoxy groups -OCH3 is 2. The van der Waals surface area contributed by atoms with Crippen LogP contribution in [-0.2, 0) is 20.9 Å². The molecule has 2 aromatic rings. The molecular weight excluding hydrogens is 389 g/mol. The first kappa shape index (κ1) is 21.4. The molecule has 6 nitrogen and oxygen atoms in total. The first-order valence-electron chi connectivity index (χ1n) is 9.61. The maximum absolute atomic E-state index is 13.9. The van der Waals surface area contributed by atoms with Crippen molar-refractivity contribution in [1.82, 2.24) is 4.90 Å². The second-order valence-corrected chi connectivity index (χ2v) is 6.90. The van der Waals surface area contributed by atoms with Crippen molar-refractivity contribution in [3.05, 3.63) is 65.5 Å². The van der Waals surface area contributed by atoms with Gasteiger partial charge in [-0.05, 0) is 42.7 Å². The van der Waals surface area contributed by atoms with Gasteiger partial charge in [-0.3, -0.25) is 4.79 Å². The number of amides is 1. The zero-order chi connectivity index (χ0) is 21.5. The lowest BCUT2D eigenvalue weighted by atomic mass is 10.2. The van der Waals surface area contributed by atoms with Crippen molar-refractivity contribution in [1.29, 1.82) is 0 Å². The smallest absolute Gasteiger partial charge is 0.331 e. The number of carbonyl (C=O) groups excluding carboxylic acids is 2. The number of carbonyl (C=O) groups is 2. The van der Waals surface area contributed by atoms with E-state index in [0.29, 0.717) is 17.1 Å². The minimum absolute atomic E-state index is 0.0677. The largest absolute Gasteiger partial charge is 0.493 e. The first-order chi connectivity index (χ1) is 14.5. The lowest BCUT2D eigenvalue weighted by Gasteiger charge is -2.22. The van der Waals surface area contributed by atoms with E-state index in [1.807, 2.05) is 0 Å². The number of hydrogen-bond donors (Lipinski definition) is 0. The zero-order valence-electron chi connectivity index (χ0n) is 17.0. The fourth-order valence-electron chi connectivity index (χ4n) is 3.00. The summed E-state index contributed by atoms with van der Waals surface area (Å²) >= 11 is 0. The van der Waals surface area contributed by atoms with Gasteiger partial charge in [0.15, 0.2) is 18.1 Å². The SMILES string of the molecule is COc1ccc(/C=C/C(=O)OCC(=O)N(Cc2ccccc2F)C2CC2)cc1OC. The highest BCUT2D eigenvalue weighted by atomic mass is 19.1. The van der Waals surface area contributed by atoms with Crippen molar-refractivity contribution in [2.75, 3.05) is 20.8 Å². The average molecular weight is 413 g/mol. The number of rotatable bonds is 9. The zero-order valence-corrected chi connectivity index (χ0v) is 17.0. The van der Waals surface area contributed by atoms with E-state index in [9.17, 15) is 14.0 Å². The van der Waals surface area contributed by atoms with Gasteiger partial charge in [-0.25, -0.2) is 9.18 Å². The Morgan fingerprint density at radius 1 is 1.10 bits per heavy atom. The fourth-order valence-corrected chi connectivity index (χ4v) is 3.00. The Morgan fingerprint density at radius 3 is 2.50 bits per heavy atom. The summed E-state index contributed by atoms with van der Waals surface area (Å²) in [5.41, 5.74) is 1.16. The normalized spacial score (nSPS) is 13.2. The van der Waals surface area contributed by atoms with E-state index >= 15 is 0 Å². The summed E-state index contributed by atoms with van der Waals surface area (Å²) < 4.78 is 29.4. The third-order valence-corrected chi connectivity index (χ3v) is 4.76. The summed E-state index contributed by atoms with van der Waals surface area (Å²) in [5.74, 6) is -0.214. The van der Waals surface area contributed by atoms with Crippen molar-refractivity contribution in [2.45, 2.75) is 25.4 Å². The number of ether oxygens (including phenoxy) is 3. The molecule has 0 aliphatic heterocycles. The minimum atomic E-state index is -0.639. The molecular formula is C23H24FNO5. The predicted octanol–water partition coefficient (Wildman–Crippen LogP) is 3.59. The molecule has 0 aromatic heterocycles. The molecule has 1 amide bonds. The van der Waals surface area contributed by atoms with Gasteiger partial charge in [-0.1, -0.05) is 24.3 Å². The summed E-state index contributed by atoms with van der Waals surface area (Å²) in [7, 11) is 3.07. The molecule has 30 heavy (non-hydrogen) atoms. The lowest BCUT2D eigenvalue weighted by molar-refractivity contribution is -0.148. The summed E-state index contributed by atoms with van der Waals surface area (Å²) in [6.45, 7) is -0.227. The Labute approximate surface area is 174 Å². The maximum Gasteiger partial charge on any atom is 0.331 e. The van der Waals surface area contributed by atoms with Crippen molar-refractivity contribution >= 4 is 18.0 Å². The minimum Gasteiger partial charge on any atom is -0.493 e. The van der Waals surface area contributed by atoms with E-state index in [0.717, 1.165) is 18.4 Å². The molecule has 0 unspecified atom stereocenters. The van der Waals surface area contributed by atoms with Crippen LogP contribution in [-0.4, -0.2) is 43.6 Å². The van der Waals surface area contributed by atoms with Gasteiger partial charge in [-0.15, -0.1) is 0 Å². The number of halogens is 1. The highest BCUT2D eigenvalue weighted by molar-refractivity contribution is 5.89. The Bertz CT molecular complexity index is 939. The molecule has 0 heterocycles. The standard InChI is InChI=1S/C23H24FNO5/c1-28-20-11-7-16(13-21(20)29-2)8-12-23(27)30-15-22(26)25(18-9-10-18)14-17-5-3-4-6-19(17)24/h3-8,11-13,18H,9-10,14-15H2,1-2H3/b12-8+. The van der Waals surface area contributed by atoms with Gasteiger partial charge >= 0.3 is 5.97 Å². The number of benzene rings is 2. The second kappa shape index (κ2) is 9.91. The molecule has 0 atom stereocenters. The monoisotopic (exact) mass is 413 g/mol. The number of hydrogen-bond acceptors (Lipinski definition) is 5. The van der Waals surface area contributed by atoms with Gasteiger partial charge in [0.2, 0.25) is 0 Å². The van der Waals surface area contributed by atoms with Gasteiger partial charge in [-0.2, -0.15) is 0 Å². The molecule has 2 aromatic carbocycles. The molecule has 158 valence electrons. The number of nitrogens with zero attached hydrogens (tertiary/aromatic N) is 1. The van der Waals surface area contributed by atoms with E-state index < -0.39 is 5.97 Å². The Balaban J connectivity index is 1.56. The molecule has 1 fully saturated rings. The summed E-state index contributed by atoms with van der Waals surface area (Å²) in [5, 5.41) is 0. The molecule has 0 spiro atoms. The van der Waals surface area contributed by atoms with Crippen LogP contribution in [0.1, 0.15) is 24.0 Å². The maximum atomic E-state index is 13.9. The van der Waals surface area contributed by atoms with Crippen LogP contribution in [0.5, 0.6) is 11.5 Å². The molecule has 1 aliphatic rings. The highest BCUT2D eigenvalue weighted by Gasteiger charge is 2.33. The first-order valence-corrected chi connectivity index (χ1v) is 9.61. The van der Waals surface area contributed by atoms with Crippen LogP contribution >= 0.6 is 0 Å². The van der Waals surface area contributed by atoms with E-state index in [2.05, 4.69) is 0 Å². The van der Waals surface area contributed by atoms with E-state index in [1.54, 1.807) is 54.5 Å². The molecule has 0 bridgehead atoms. The lowest BCUT2D eigenvalue weighted by Crippen LogP contribution is -2.36. The van der Waals surface area contributed by atoms with E-state index in [4.69, 9.17) is 14.2 Å². The molecule has 1 saturated carbocycles. The van der Waals surface area contributed by atoms with Crippen LogP contribution in [0.15, 0.2) is 48.5 Å². The molecule has 0 radical (unpaired) electrons. The van der Waals surface area contributed by atoms with Crippen LogP contribution in [0.25, 0.3) is 6.08 Å². The van der Waals surface area contributed by atoms with Crippen molar-refractivity contribution in [3.63, 3.8) is 0 Å². The van der Waals surface area contributed by atoms with Crippen molar-refractivity contribution < 1.29 is 28.2 Å². The van der Waals surface area contributed by atoms with Crippen LogP contribution in [0.3, 0.4) is 0 Å². The fraction of sp³-hybridized carbons (Fsp3) is 0.304. The van der Waals surface area contributed by atoms with E-state index in [-0.39, 0.29) is 30.9 Å². The van der Waals surface area contributed by atoms with Crippen LogP contribution in [0, 0.1) is 5.82 Å². The molecule has 7 heteroatoms. The number of esters is 1. The van der Waals surface area contributed by atoms with Gasteiger partial charge in [0, 0.05) is 24.2 Å². The van der Waals surface area contributed by atoms with Crippen molar-refractivity contribution in [2.24, 2.45) is 0 Å². The third-order valence-electron chi connectivity index (χ3n) is 4.76. The predicted molar refractivity (Wildman–Crippen MR) is 110 cm³/mol. The van der Waals surface area contributed by atoms with Crippen molar-refractivity contribution in [3.8, 4) is 11.5 Å². The Kier molecular flexibility index (Phi) is 7.06. The topological polar surface area (TPSA) is 65.1 Å². The molecule has 3 rings (SSSR count). The summed E-state index contributed by atoms with van der Waals surface area (Å²) in [6, 6.07) is 11.6. The van der Waals surface area contributed by atoms with Gasteiger partial charge in [0.25, 0.3) is 5.91 Å². The Hall–Kier alpha value is -3.35. The molecule has 0 saturated heterocycles. The van der Waals surface area contributed by atoms with Gasteiger partial charge < -0.3 is 19.1 Å². The van der Waals surface area contributed by atoms with Crippen LogP contribution in [0.4, 0.5) is 4.39 Å². The quantitative estimate of drug-likeness (QED) is 0.464. The average Bonchev–Trinajstić information content (AvgIpc) is 3.60. The summed E-state index contributed by atoms with van der Waals surface area (Å²) in [4.78, 5) is 26.1. The summed E-state index contributed by atoms with van der Waals surface area (Å²) in [6.07, 6.45) is 4.54. The van der Waals surface area contributed by atoms with E-state index in [1.165, 1.54) is 19.3 Å². The third kappa shape index (κ3) is 5.59. The van der Waals surface area contributed by atoms with Gasteiger partial charge in [0.05, 0.1) is 14.2 Å². The molecule has 0 N–H and O–H groups in total. The second-order valence-electron chi connectivity index (χ2n) is 6.90. The highest BCUT2D eigenvalue weighted by Crippen LogP contribution is 2.29.